The second kappa shape index (κ2) is 13.8. The Morgan fingerprint density at radius 2 is 1.44 bits per heavy atom. The van der Waals surface area contributed by atoms with E-state index in [0.29, 0.717) is 24.4 Å². The van der Waals surface area contributed by atoms with Crippen LogP contribution in [0.25, 0.3) is 5.57 Å². The summed E-state index contributed by atoms with van der Waals surface area (Å²) in [6, 6.07) is 15.5. The normalized spacial score (nSPS) is 17.2. The second-order valence-corrected chi connectivity index (χ2v) is 10.3. The van der Waals surface area contributed by atoms with E-state index in [4.69, 9.17) is 15.2 Å². The van der Waals surface area contributed by atoms with Crippen LogP contribution in [0, 0.1) is 0 Å². The molecule has 1 aliphatic heterocycles. The van der Waals surface area contributed by atoms with Gasteiger partial charge < -0.3 is 25.4 Å². The number of nitrogens with two attached hydrogens (primary N) is 1. The number of carbonyl (C=O) groups is 1. The molecule has 2 fully saturated rings. The van der Waals surface area contributed by atoms with Crippen LogP contribution in [-0.4, -0.2) is 46.9 Å². The number of aliphatic hydroxyl groups is 1. The van der Waals surface area contributed by atoms with Crippen LogP contribution in [-0.2, 0) is 4.79 Å². The average molecular weight is 558 g/mol. The van der Waals surface area contributed by atoms with Gasteiger partial charge in [-0.1, -0.05) is 39.3 Å². The van der Waals surface area contributed by atoms with E-state index in [9.17, 15) is 15.0 Å². The summed E-state index contributed by atoms with van der Waals surface area (Å²) < 4.78 is 11.8. The van der Waals surface area contributed by atoms with Gasteiger partial charge in [-0.25, -0.2) is 9.79 Å². The number of carboxylic acid groups (broad SMARTS) is 1. The molecule has 0 atom stereocenters. The molecule has 0 bridgehead atoms. The standard InChI is InChI=1S/C30H31N3O5.C3H8/c1-2-15-32-17-24(30(35)36)26(34)16-25(31)29-27(18-3-7-20(8-4-18)37-22-11-12-22)28(33-29)19-5-9-21(10-6-19)38-23-13-14-23;1-3-2/h3-10,16-17,22-23,34H,2,11-15,31H2,1H3,(H,35,36);3H2,1-2H3/b25-16-,26-24-,32-17?;. The Labute approximate surface area is 241 Å². The van der Waals surface area contributed by atoms with Crippen molar-refractivity contribution in [1.82, 2.24) is 0 Å². The van der Waals surface area contributed by atoms with Crippen molar-refractivity contribution in [2.75, 3.05) is 6.54 Å². The van der Waals surface area contributed by atoms with Gasteiger partial charge in [0.05, 0.1) is 29.3 Å². The van der Waals surface area contributed by atoms with Gasteiger partial charge >= 0.3 is 5.97 Å². The SMILES string of the molecule is CCC.CCCN=C/C(C(=O)O)=C(O)\C=C(/N)C1=C(c2ccc(OC3CC3)cc2)C(c2ccc(OC3CC3)cc2)=N1. The van der Waals surface area contributed by atoms with E-state index in [0.717, 1.165) is 72.2 Å². The predicted molar refractivity (Wildman–Crippen MR) is 163 cm³/mol. The van der Waals surface area contributed by atoms with Crippen LogP contribution in [0.1, 0.15) is 70.4 Å². The second-order valence-electron chi connectivity index (χ2n) is 10.3. The number of hydrogen-bond acceptors (Lipinski definition) is 7. The molecule has 2 aromatic carbocycles. The van der Waals surface area contributed by atoms with Crippen LogP contribution in [0.3, 0.4) is 0 Å². The number of rotatable bonds is 12. The number of benzene rings is 2. The smallest absolute Gasteiger partial charge is 0.341 e. The van der Waals surface area contributed by atoms with E-state index < -0.39 is 11.7 Å². The zero-order valence-electron chi connectivity index (χ0n) is 24.0. The lowest BCUT2D eigenvalue weighted by atomic mass is 9.88. The van der Waals surface area contributed by atoms with Crippen molar-refractivity contribution < 1.29 is 24.5 Å². The quantitative estimate of drug-likeness (QED) is 0.117. The van der Waals surface area contributed by atoms with Crippen LogP contribution in [0.4, 0.5) is 0 Å². The van der Waals surface area contributed by atoms with Gasteiger partial charge in [-0.05, 0) is 74.1 Å². The Morgan fingerprint density at radius 3 is 1.90 bits per heavy atom. The van der Waals surface area contributed by atoms with E-state index >= 15 is 0 Å². The van der Waals surface area contributed by atoms with Crippen molar-refractivity contribution in [1.29, 1.82) is 0 Å². The Kier molecular flexibility index (Phi) is 10.0. The first-order valence-corrected chi connectivity index (χ1v) is 14.4. The number of aliphatic carboxylic acids is 1. The highest BCUT2D eigenvalue weighted by molar-refractivity contribution is 6.37. The predicted octanol–water partition coefficient (Wildman–Crippen LogP) is 6.62. The van der Waals surface area contributed by atoms with Crippen LogP contribution in [0.2, 0.25) is 0 Å². The van der Waals surface area contributed by atoms with Crippen LogP contribution < -0.4 is 15.2 Å². The van der Waals surface area contributed by atoms with Crippen molar-refractivity contribution in [2.45, 2.75) is 71.5 Å². The first-order chi connectivity index (χ1) is 19.8. The van der Waals surface area contributed by atoms with E-state index in [1.165, 1.54) is 12.5 Å². The summed E-state index contributed by atoms with van der Waals surface area (Å²) in [4.78, 5) is 20.4. The molecule has 0 spiro atoms. The molecule has 2 aliphatic carbocycles. The molecule has 8 nitrogen and oxygen atoms in total. The number of allylic oxidation sites excluding steroid dienone is 2. The molecule has 0 unspecified atom stereocenters. The lowest BCUT2D eigenvalue weighted by Crippen LogP contribution is -2.20. The third-order valence-corrected chi connectivity index (χ3v) is 6.27. The topological polar surface area (TPSA) is 127 Å². The molecule has 0 radical (unpaired) electrons. The largest absolute Gasteiger partial charge is 0.507 e. The summed E-state index contributed by atoms with van der Waals surface area (Å²) in [5.41, 5.74) is 9.97. The van der Waals surface area contributed by atoms with Gasteiger partial charge in [-0.2, -0.15) is 0 Å². The van der Waals surface area contributed by atoms with E-state index in [-0.39, 0.29) is 11.3 Å². The number of nitrogens with zero attached hydrogens (tertiary/aromatic N) is 2. The maximum atomic E-state index is 11.7. The molecular formula is C33H39N3O5. The molecular weight excluding hydrogens is 518 g/mol. The Morgan fingerprint density at radius 1 is 0.927 bits per heavy atom. The number of aliphatic imine (C=N–C) groups is 2. The number of hydrogen-bond donors (Lipinski definition) is 3. The minimum absolute atomic E-state index is 0.149. The molecule has 2 aromatic rings. The number of ether oxygens (including phenoxy) is 2. The van der Waals surface area contributed by atoms with Gasteiger partial charge in [-0.3, -0.25) is 4.99 Å². The van der Waals surface area contributed by atoms with E-state index in [1.54, 1.807) is 0 Å². The lowest BCUT2D eigenvalue weighted by Gasteiger charge is -2.24. The van der Waals surface area contributed by atoms with Gasteiger partial charge in [0.2, 0.25) is 0 Å². The molecule has 0 amide bonds. The minimum Gasteiger partial charge on any atom is -0.507 e. The molecule has 4 N–H and O–H groups in total. The molecule has 1 heterocycles. The summed E-state index contributed by atoms with van der Waals surface area (Å²) in [7, 11) is 0. The van der Waals surface area contributed by atoms with Crippen LogP contribution >= 0.6 is 0 Å². The summed E-state index contributed by atoms with van der Waals surface area (Å²) in [5.74, 6) is -0.151. The highest BCUT2D eigenvalue weighted by Gasteiger charge is 2.29. The van der Waals surface area contributed by atoms with Crippen molar-refractivity contribution >= 4 is 23.5 Å². The summed E-state index contributed by atoms with van der Waals surface area (Å²) in [5, 5.41) is 20.1. The fraction of sp³-hybridized carbons (Fsp3) is 0.364. The van der Waals surface area contributed by atoms with Gasteiger partial charge in [0.1, 0.15) is 22.8 Å². The molecule has 41 heavy (non-hydrogen) atoms. The summed E-state index contributed by atoms with van der Waals surface area (Å²) >= 11 is 0. The number of carboxylic acids is 1. The molecule has 0 saturated heterocycles. The number of aliphatic hydroxyl groups excluding tert-OH is 1. The third kappa shape index (κ3) is 8.10. The highest BCUT2D eigenvalue weighted by Crippen LogP contribution is 2.38. The Hall–Kier alpha value is -4.33. The first-order valence-electron chi connectivity index (χ1n) is 14.4. The van der Waals surface area contributed by atoms with Gasteiger partial charge in [0.15, 0.2) is 0 Å². The minimum atomic E-state index is -1.29. The van der Waals surface area contributed by atoms with E-state index in [1.807, 2.05) is 55.5 Å². The molecule has 8 heteroatoms. The molecule has 5 rings (SSSR count). The highest BCUT2D eigenvalue weighted by atomic mass is 16.5. The third-order valence-electron chi connectivity index (χ3n) is 6.27. The van der Waals surface area contributed by atoms with Gasteiger partial charge in [-0.15, -0.1) is 0 Å². The van der Waals surface area contributed by atoms with Gasteiger partial charge in [0.25, 0.3) is 0 Å². The van der Waals surface area contributed by atoms with Crippen molar-refractivity contribution in [3.8, 4) is 11.5 Å². The van der Waals surface area contributed by atoms with Gasteiger partial charge in [0, 0.05) is 30.0 Å². The molecule has 216 valence electrons. The molecule has 0 aromatic heterocycles. The molecule has 3 aliphatic rings. The fourth-order valence-corrected chi connectivity index (χ4v) is 3.93. The summed E-state index contributed by atoms with van der Waals surface area (Å²) in [6.45, 7) is 6.63. The van der Waals surface area contributed by atoms with E-state index in [2.05, 4.69) is 23.8 Å². The Balaban J connectivity index is 0.00000124. The van der Waals surface area contributed by atoms with Crippen molar-refractivity contribution in [3.05, 3.63) is 88.5 Å². The maximum Gasteiger partial charge on any atom is 0.341 e. The van der Waals surface area contributed by atoms with Crippen molar-refractivity contribution in [2.24, 2.45) is 15.7 Å². The maximum absolute atomic E-state index is 11.7. The lowest BCUT2D eigenvalue weighted by molar-refractivity contribution is -0.132. The fourth-order valence-electron chi connectivity index (χ4n) is 3.93. The van der Waals surface area contributed by atoms with Crippen LogP contribution in [0.15, 0.2) is 87.3 Å². The zero-order chi connectivity index (χ0) is 29.4. The Bertz CT molecular complexity index is 1380. The molecule has 2 saturated carbocycles. The van der Waals surface area contributed by atoms with Crippen molar-refractivity contribution in [3.63, 3.8) is 0 Å². The monoisotopic (exact) mass is 557 g/mol. The van der Waals surface area contributed by atoms with Crippen LogP contribution in [0.5, 0.6) is 11.5 Å². The first kappa shape index (κ1) is 29.6. The average Bonchev–Trinajstić information content (AvgIpc) is 3.86. The summed E-state index contributed by atoms with van der Waals surface area (Å²) in [6.07, 6.45) is 9.32. The zero-order valence-corrected chi connectivity index (χ0v) is 24.0.